The van der Waals surface area contributed by atoms with Crippen LogP contribution in [0.25, 0.3) is 0 Å². The summed E-state index contributed by atoms with van der Waals surface area (Å²) in [7, 11) is 0. The Bertz CT molecular complexity index is 406. The van der Waals surface area contributed by atoms with Gasteiger partial charge in [-0.3, -0.25) is 0 Å². The second-order valence-electron chi connectivity index (χ2n) is 4.66. The Morgan fingerprint density at radius 3 is 1.65 bits per heavy atom. The van der Waals surface area contributed by atoms with Crippen molar-refractivity contribution in [2.24, 2.45) is 5.73 Å². The molecule has 1 rings (SSSR count). The average Bonchev–Trinajstić information content (AvgIpc) is 2.26. The Balaban J connectivity index is 3.06. The lowest BCUT2D eigenvalue weighted by atomic mass is 9.92. The van der Waals surface area contributed by atoms with Gasteiger partial charge in [0.05, 0.1) is 0 Å². The molecule has 114 valence electrons. The predicted octanol–water partition coefficient (Wildman–Crippen LogP) is 4.35. The molecule has 1 unspecified atom stereocenters. The molecule has 1 aromatic rings. The number of alkyl halides is 6. The summed E-state index contributed by atoms with van der Waals surface area (Å²) in [6.45, 7) is 2.21. The zero-order valence-electron chi connectivity index (χ0n) is 10.7. The highest BCUT2D eigenvalue weighted by molar-refractivity contribution is 5.29. The van der Waals surface area contributed by atoms with Crippen LogP contribution < -0.4 is 5.73 Å². The molecule has 0 saturated heterocycles. The number of halogens is 6. The van der Waals surface area contributed by atoms with Crippen molar-refractivity contribution in [3.8, 4) is 0 Å². The van der Waals surface area contributed by atoms with E-state index in [-0.39, 0.29) is 5.92 Å². The molecule has 7 heteroatoms. The summed E-state index contributed by atoms with van der Waals surface area (Å²) in [5, 5.41) is 0. The van der Waals surface area contributed by atoms with Crippen LogP contribution in [-0.2, 0) is 0 Å². The fourth-order valence-electron chi connectivity index (χ4n) is 2.00. The van der Waals surface area contributed by atoms with Crippen LogP contribution in [0.4, 0.5) is 26.3 Å². The van der Waals surface area contributed by atoms with Gasteiger partial charge in [-0.05, 0) is 30.0 Å². The molecule has 0 aromatic heterocycles. The molecule has 0 amide bonds. The Hall–Kier alpha value is -1.24. The van der Waals surface area contributed by atoms with Crippen molar-refractivity contribution < 1.29 is 26.3 Å². The van der Waals surface area contributed by atoms with E-state index in [4.69, 9.17) is 5.73 Å². The van der Waals surface area contributed by atoms with E-state index in [0.717, 1.165) is 12.1 Å². The molecule has 0 spiro atoms. The highest BCUT2D eigenvalue weighted by atomic mass is 19.4. The number of benzene rings is 1. The number of hydrogen-bond donors (Lipinski definition) is 1. The van der Waals surface area contributed by atoms with Crippen LogP contribution in [0.3, 0.4) is 0 Å². The van der Waals surface area contributed by atoms with Gasteiger partial charge < -0.3 is 5.73 Å². The molecular weight excluding hydrogens is 284 g/mol. The van der Waals surface area contributed by atoms with Gasteiger partial charge in [0.15, 0.2) is 5.92 Å². The molecule has 0 bridgehead atoms. The fourth-order valence-corrected chi connectivity index (χ4v) is 2.00. The smallest absolute Gasteiger partial charge is 0.330 e. The Morgan fingerprint density at radius 2 is 1.30 bits per heavy atom. The summed E-state index contributed by atoms with van der Waals surface area (Å²) < 4.78 is 75.3. The normalized spacial score (nSPS) is 14.7. The maximum atomic E-state index is 12.5. The minimum atomic E-state index is -5.36. The standard InChI is InChI=1S/C13H15F6N/c1-8(6-7-20)9-2-4-10(5-3-9)11(12(14,15)16)13(17,18)19/h2-5,8,11H,6-7,20H2,1H3. The van der Waals surface area contributed by atoms with Gasteiger partial charge in [0.1, 0.15) is 0 Å². The fraction of sp³-hybridized carbons (Fsp3) is 0.538. The maximum absolute atomic E-state index is 12.5. The first kappa shape index (κ1) is 16.8. The van der Waals surface area contributed by atoms with Gasteiger partial charge in [-0.25, -0.2) is 0 Å². The van der Waals surface area contributed by atoms with Crippen molar-refractivity contribution in [2.45, 2.75) is 37.5 Å². The van der Waals surface area contributed by atoms with Gasteiger partial charge in [0.2, 0.25) is 0 Å². The van der Waals surface area contributed by atoms with Gasteiger partial charge in [-0.2, -0.15) is 26.3 Å². The molecule has 2 N–H and O–H groups in total. The van der Waals surface area contributed by atoms with Crippen LogP contribution >= 0.6 is 0 Å². The molecule has 0 aliphatic rings. The predicted molar refractivity (Wildman–Crippen MR) is 63.4 cm³/mol. The quantitative estimate of drug-likeness (QED) is 0.822. The monoisotopic (exact) mass is 299 g/mol. The third-order valence-electron chi connectivity index (χ3n) is 3.09. The van der Waals surface area contributed by atoms with Gasteiger partial charge in [-0.1, -0.05) is 31.2 Å². The minimum absolute atomic E-state index is 0.00993. The van der Waals surface area contributed by atoms with Crippen LogP contribution in [0, 0.1) is 0 Å². The van der Waals surface area contributed by atoms with E-state index < -0.39 is 23.8 Å². The molecule has 0 saturated carbocycles. The highest BCUT2D eigenvalue weighted by Gasteiger charge is 2.57. The third-order valence-corrected chi connectivity index (χ3v) is 3.09. The summed E-state index contributed by atoms with van der Waals surface area (Å²) in [6.07, 6.45) is -10.1. The van der Waals surface area contributed by atoms with E-state index in [0.29, 0.717) is 18.5 Å². The lowest BCUT2D eigenvalue weighted by molar-refractivity contribution is -0.253. The molecule has 20 heavy (non-hydrogen) atoms. The Labute approximate surface area is 112 Å². The molecule has 0 fully saturated rings. The summed E-state index contributed by atoms with van der Waals surface area (Å²) in [5.74, 6) is -3.46. The van der Waals surface area contributed by atoms with Gasteiger partial charge in [0, 0.05) is 0 Å². The molecular formula is C13H15F6N. The molecule has 0 radical (unpaired) electrons. The zero-order chi connectivity index (χ0) is 15.6. The first-order valence-corrected chi connectivity index (χ1v) is 6.00. The van der Waals surface area contributed by atoms with Crippen molar-refractivity contribution in [3.63, 3.8) is 0 Å². The van der Waals surface area contributed by atoms with Crippen LogP contribution in [0.15, 0.2) is 24.3 Å². The molecule has 1 atom stereocenters. The lowest BCUT2D eigenvalue weighted by Gasteiger charge is -2.23. The van der Waals surface area contributed by atoms with Crippen LogP contribution in [0.1, 0.15) is 36.3 Å². The van der Waals surface area contributed by atoms with Crippen molar-refractivity contribution in [3.05, 3.63) is 35.4 Å². The SMILES string of the molecule is CC(CCN)c1ccc(C(C(F)(F)F)C(F)(F)F)cc1. The van der Waals surface area contributed by atoms with Gasteiger partial charge in [-0.15, -0.1) is 0 Å². The van der Waals surface area contributed by atoms with E-state index in [1.165, 1.54) is 12.1 Å². The van der Waals surface area contributed by atoms with E-state index in [1.54, 1.807) is 0 Å². The second-order valence-corrected chi connectivity index (χ2v) is 4.66. The number of nitrogens with two attached hydrogens (primary N) is 1. The summed E-state index contributed by atoms with van der Waals surface area (Å²) in [5.41, 5.74) is 5.23. The third kappa shape index (κ3) is 4.13. The number of hydrogen-bond acceptors (Lipinski definition) is 1. The second kappa shape index (κ2) is 6.03. The molecule has 0 aliphatic heterocycles. The van der Waals surface area contributed by atoms with Crippen molar-refractivity contribution in [2.75, 3.05) is 6.54 Å². The first-order chi connectivity index (χ1) is 9.07. The topological polar surface area (TPSA) is 26.0 Å². The van der Waals surface area contributed by atoms with Crippen LogP contribution in [-0.4, -0.2) is 18.9 Å². The first-order valence-electron chi connectivity index (χ1n) is 6.00. The van der Waals surface area contributed by atoms with E-state index in [1.807, 2.05) is 6.92 Å². The van der Waals surface area contributed by atoms with Gasteiger partial charge >= 0.3 is 12.4 Å². The molecule has 1 nitrogen and oxygen atoms in total. The summed E-state index contributed by atoms with van der Waals surface area (Å²) in [4.78, 5) is 0. The summed E-state index contributed by atoms with van der Waals surface area (Å²) in [6, 6.07) is 4.35. The molecule has 0 aliphatic carbocycles. The van der Waals surface area contributed by atoms with Gasteiger partial charge in [0.25, 0.3) is 0 Å². The Morgan fingerprint density at radius 1 is 0.900 bits per heavy atom. The van der Waals surface area contributed by atoms with Crippen molar-refractivity contribution in [1.29, 1.82) is 0 Å². The average molecular weight is 299 g/mol. The highest BCUT2D eigenvalue weighted by Crippen LogP contribution is 2.46. The van der Waals surface area contributed by atoms with Crippen LogP contribution in [0.5, 0.6) is 0 Å². The van der Waals surface area contributed by atoms with E-state index in [2.05, 4.69) is 0 Å². The minimum Gasteiger partial charge on any atom is -0.330 e. The lowest BCUT2D eigenvalue weighted by Crippen LogP contribution is -2.34. The largest absolute Gasteiger partial charge is 0.404 e. The van der Waals surface area contributed by atoms with E-state index in [9.17, 15) is 26.3 Å². The van der Waals surface area contributed by atoms with E-state index >= 15 is 0 Å². The number of rotatable bonds is 4. The maximum Gasteiger partial charge on any atom is 0.404 e. The van der Waals surface area contributed by atoms with Crippen molar-refractivity contribution >= 4 is 0 Å². The molecule has 1 aromatic carbocycles. The molecule has 0 heterocycles. The summed E-state index contributed by atoms with van der Waals surface area (Å²) >= 11 is 0. The Kier molecular flexibility index (Phi) is 5.07. The van der Waals surface area contributed by atoms with Crippen molar-refractivity contribution in [1.82, 2.24) is 0 Å². The zero-order valence-corrected chi connectivity index (χ0v) is 10.7. The van der Waals surface area contributed by atoms with Crippen LogP contribution in [0.2, 0.25) is 0 Å².